The average Bonchev–Trinajstić information content (AvgIpc) is 3.23. The summed E-state index contributed by atoms with van der Waals surface area (Å²) in [5.74, 6) is -4.45. The predicted molar refractivity (Wildman–Crippen MR) is 117 cm³/mol. The van der Waals surface area contributed by atoms with Gasteiger partial charge >= 0.3 is 0 Å². The largest absolute Gasteiger partial charge is 0.345 e. The zero-order chi connectivity index (χ0) is 25.4. The number of anilines is 1. The minimum absolute atomic E-state index is 0.0709. The number of fused-ring (bicyclic) bond motifs is 1. The standard InChI is InChI=1S/C22H18F2N4O3S/c1-2-8-32(30,31)28-18-6-5-17(23)19(20(18)24)21(29)16-12-27-22-15(16)9-14(11-26-22)13-4-3-7-25-10-13/h3-7,9-12,28H,2,8H2,1H3,(H,26,27)/i1D3. The average molecular weight is 459 g/mol. The number of benzene rings is 1. The molecule has 7 nitrogen and oxygen atoms in total. The van der Waals surface area contributed by atoms with Crippen LogP contribution in [0, 0.1) is 11.6 Å². The highest BCUT2D eigenvalue weighted by atomic mass is 32.2. The van der Waals surface area contributed by atoms with E-state index in [1.165, 1.54) is 6.20 Å². The summed E-state index contributed by atoms with van der Waals surface area (Å²) in [4.78, 5) is 24.3. The Morgan fingerprint density at radius 2 is 2.06 bits per heavy atom. The van der Waals surface area contributed by atoms with Gasteiger partial charge in [0.1, 0.15) is 11.5 Å². The molecule has 0 unspecified atom stereocenters. The molecule has 0 saturated heterocycles. The Labute approximate surface area is 186 Å². The van der Waals surface area contributed by atoms with Crippen LogP contribution >= 0.6 is 0 Å². The maximum absolute atomic E-state index is 15.2. The van der Waals surface area contributed by atoms with Crippen molar-refractivity contribution < 1.29 is 26.1 Å². The third-order valence-electron chi connectivity index (χ3n) is 4.73. The third kappa shape index (κ3) is 4.09. The van der Waals surface area contributed by atoms with Crippen molar-refractivity contribution in [1.29, 1.82) is 0 Å². The number of pyridine rings is 2. The van der Waals surface area contributed by atoms with Crippen LogP contribution in [0.3, 0.4) is 0 Å². The molecular formula is C22H18F2N4O3S. The van der Waals surface area contributed by atoms with Crippen molar-refractivity contribution in [2.45, 2.75) is 13.3 Å². The molecule has 10 heteroatoms. The van der Waals surface area contributed by atoms with Gasteiger partial charge in [-0.05, 0) is 30.7 Å². The lowest BCUT2D eigenvalue weighted by Crippen LogP contribution is -2.18. The molecule has 32 heavy (non-hydrogen) atoms. The van der Waals surface area contributed by atoms with Crippen LogP contribution in [0.1, 0.15) is 33.3 Å². The molecule has 3 heterocycles. The Kier molecular flexibility index (Phi) is 4.75. The molecule has 4 aromatic rings. The molecule has 0 fully saturated rings. The van der Waals surface area contributed by atoms with Crippen molar-refractivity contribution in [3.63, 3.8) is 0 Å². The Balaban J connectivity index is 1.71. The third-order valence-corrected chi connectivity index (χ3v) is 6.00. The van der Waals surface area contributed by atoms with Crippen LogP contribution < -0.4 is 4.72 Å². The van der Waals surface area contributed by atoms with E-state index in [4.69, 9.17) is 4.11 Å². The van der Waals surface area contributed by atoms with Gasteiger partial charge in [-0.25, -0.2) is 22.2 Å². The molecular weight excluding hydrogens is 438 g/mol. The maximum Gasteiger partial charge on any atom is 0.232 e. The molecule has 0 radical (unpaired) electrons. The fraction of sp³-hybridized carbons (Fsp3) is 0.136. The number of carbonyl (C=O) groups is 1. The number of hydrogen-bond donors (Lipinski definition) is 2. The number of nitrogens with zero attached hydrogens (tertiary/aromatic N) is 2. The normalized spacial score (nSPS) is 13.4. The minimum atomic E-state index is -4.28. The molecule has 0 amide bonds. The summed E-state index contributed by atoms with van der Waals surface area (Å²) in [7, 11) is -4.28. The van der Waals surface area contributed by atoms with Gasteiger partial charge in [0.15, 0.2) is 5.82 Å². The first-order valence-electron chi connectivity index (χ1n) is 10.9. The molecule has 1 aromatic carbocycles. The molecule has 164 valence electrons. The smallest absolute Gasteiger partial charge is 0.232 e. The molecule has 0 saturated carbocycles. The van der Waals surface area contributed by atoms with Gasteiger partial charge in [0.25, 0.3) is 0 Å². The highest BCUT2D eigenvalue weighted by Crippen LogP contribution is 2.29. The topological polar surface area (TPSA) is 105 Å². The van der Waals surface area contributed by atoms with E-state index in [0.29, 0.717) is 22.2 Å². The second-order valence-electron chi connectivity index (χ2n) is 6.85. The Bertz CT molecular complexity index is 1520. The van der Waals surface area contributed by atoms with Crippen molar-refractivity contribution in [2.75, 3.05) is 10.5 Å². The van der Waals surface area contributed by atoms with E-state index in [-0.39, 0.29) is 5.56 Å². The monoisotopic (exact) mass is 459 g/mol. The van der Waals surface area contributed by atoms with Crippen LogP contribution in [-0.4, -0.2) is 34.9 Å². The molecule has 0 spiro atoms. The number of H-pyrrole nitrogens is 1. The van der Waals surface area contributed by atoms with Gasteiger partial charge in [-0.15, -0.1) is 0 Å². The first-order chi connectivity index (χ1) is 16.5. The van der Waals surface area contributed by atoms with Crippen LogP contribution in [-0.2, 0) is 10.0 Å². The molecule has 2 N–H and O–H groups in total. The van der Waals surface area contributed by atoms with Crippen LogP contribution in [0.2, 0.25) is 0 Å². The van der Waals surface area contributed by atoms with Crippen molar-refractivity contribution >= 4 is 32.5 Å². The molecule has 3 aromatic heterocycles. The summed E-state index contributed by atoms with van der Waals surface area (Å²) in [5, 5.41) is 0.304. The van der Waals surface area contributed by atoms with E-state index < -0.39 is 57.7 Å². The number of nitrogens with one attached hydrogen (secondary N) is 2. The summed E-state index contributed by atoms with van der Waals surface area (Å²) in [6, 6.07) is 6.71. The first kappa shape index (κ1) is 18.0. The Hall–Kier alpha value is -3.66. The SMILES string of the molecule is [2H]C([2H])([2H])CCS(=O)(=O)Nc1ccc(F)c(C(=O)c2c[nH]c3ncc(-c4cccnc4)cc23)c1F. The number of carbonyl (C=O) groups excluding carboxylic acids is 1. The summed E-state index contributed by atoms with van der Waals surface area (Å²) in [6.45, 7) is -2.50. The highest BCUT2D eigenvalue weighted by molar-refractivity contribution is 7.92. The number of rotatable bonds is 7. The summed E-state index contributed by atoms with van der Waals surface area (Å²) in [5.41, 5.74) is -0.0620. The van der Waals surface area contributed by atoms with Crippen molar-refractivity contribution in [3.05, 3.63) is 77.9 Å². The highest BCUT2D eigenvalue weighted by Gasteiger charge is 2.26. The zero-order valence-corrected chi connectivity index (χ0v) is 17.2. The van der Waals surface area contributed by atoms with Crippen molar-refractivity contribution in [3.8, 4) is 11.1 Å². The number of hydrogen-bond acceptors (Lipinski definition) is 5. The number of ketones is 1. The number of aromatic nitrogens is 3. The first-order valence-corrected chi connectivity index (χ1v) is 11.0. The minimum Gasteiger partial charge on any atom is -0.345 e. The van der Waals surface area contributed by atoms with Gasteiger partial charge < -0.3 is 4.98 Å². The van der Waals surface area contributed by atoms with E-state index in [1.807, 2.05) is 4.72 Å². The lowest BCUT2D eigenvalue weighted by atomic mass is 10.00. The summed E-state index contributed by atoms with van der Waals surface area (Å²) < 4.78 is 77.5. The fourth-order valence-electron chi connectivity index (χ4n) is 3.21. The van der Waals surface area contributed by atoms with Gasteiger partial charge in [0.2, 0.25) is 15.8 Å². The molecule has 0 aliphatic rings. The van der Waals surface area contributed by atoms with E-state index in [9.17, 15) is 17.6 Å². The maximum atomic E-state index is 15.2. The molecule has 0 aliphatic heterocycles. The van der Waals surface area contributed by atoms with Crippen LogP contribution in [0.4, 0.5) is 14.5 Å². The van der Waals surface area contributed by atoms with Crippen LogP contribution in [0.15, 0.2) is 55.1 Å². The van der Waals surface area contributed by atoms with Gasteiger partial charge in [0.05, 0.1) is 17.0 Å². The fourth-order valence-corrected chi connectivity index (χ4v) is 4.07. The number of halogens is 2. The van der Waals surface area contributed by atoms with Crippen LogP contribution in [0.25, 0.3) is 22.2 Å². The van der Waals surface area contributed by atoms with E-state index >= 15 is 4.39 Å². The zero-order valence-electron chi connectivity index (χ0n) is 19.4. The van der Waals surface area contributed by atoms with E-state index in [1.54, 1.807) is 36.8 Å². The van der Waals surface area contributed by atoms with Gasteiger partial charge in [0, 0.05) is 51.0 Å². The van der Waals surface area contributed by atoms with Crippen LogP contribution in [0.5, 0.6) is 0 Å². The number of sulfonamides is 1. The second-order valence-corrected chi connectivity index (χ2v) is 8.69. The quantitative estimate of drug-likeness (QED) is 0.401. The van der Waals surface area contributed by atoms with Gasteiger partial charge in [-0.3, -0.25) is 14.5 Å². The Morgan fingerprint density at radius 1 is 1.22 bits per heavy atom. The van der Waals surface area contributed by atoms with Gasteiger partial charge in [-0.2, -0.15) is 0 Å². The van der Waals surface area contributed by atoms with E-state index in [0.717, 1.165) is 12.1 Å². The lowest BCUT2D eigenvalue weighted by molar-refractivity contribution is 0.103. The molecule has 4 rings (SSSR count). The molecule has 0 bridgehead atoms. The van der Waals surface area contributed by atoms with Crippen molar-refractivity contribution in [2.24, 2.45) is 0 Å². The Morgan fingerprint density at radius 3 is 2.81 bits per heavy atom. The lowest BCUT2D eigenvalue weighted by Gasteiger charge is -2.11. The number of aromatic amines is 1. The van der Waals surface area contributed by atoms with Gasteiger partial charge in [-0.1, -0.05) is 12.9 Å². The summed E-state index contributed by atoms with van der Waals surface area (Å²) >= 11 is 0. The second kappa shape index (κ2) is 8.46. The van der Waals surface area contributed by atoms with Crippen molar-refractivity contribution in [1.82, 2.24) is 15.0 Å². The predicted octanol–water partition coefficient (Wildman–Crippen LogP) is 4.29. The van der Waals surface area contributed by atoms with E-state index in [2.05, 4.69) is 15.0 Å². The molecule has 0 atom stereocenters. The summed E-state index contributed by atoms with van der Waals surface area (Å²) in [6.07, 6.45) is 5.34. The molecule has 0 aliphatic carbocycles.